The highest BCUT2D eigenvalue weighted by molar-refractivity contribution is 7.91. The van der Waals surface area contributed by atoms with E-state index in [4.69, 9.17) is 6.58 Å². The minimum Gasteiger partial charge on any atom is -0.616 e. The Hall–Kier alpha value is 0.0500. The molecule has 1 aliphatic heterocycles. The predicted octanol–water partition coefficient (Wildman–Crippen LogP) is 0.888. The van der Waals surface area contributed by atoms with Crippen molar-refractivity contribution in [1.82, 2.24) is 0 Å². The normalized spacial score (nSPS) is 30.6. The van der Waals surface area contributed by atoms with Crippen LogP contribution < -0.4 is 0 Å². The van der Waals surface area contributed by atoms with E-state index < -0.39 is 11.2 Å². The van der Waals surface area contributed by atoms with Crippen LogP contribution in [0.4, 0.5) is 0 Å². The standard InChI is InChI=1S/C6H9OS/c1-6-2-4-8(7)5-3-6/h1H,2-5H2. The molecule has 0 spiro atoms. The lowest BCUT2D eigenvalue weighted by molar-refractivity contribution is 0.588. The first-order valence-corrected chi connectivity index (χ1v) is 4.23. The molecule has 0 atom stereocenters. The van der Waals surface area contributed by atoms with E-state index in [-0.39, 0.29) is 0 Å². The maximum Gasteiger partial charge on any atom is 0.109 e. The first-order chi connectivity index (χ1) is 3.79. The van der Waals surface area contributed by atoms with Crippen molar-refractivity contribution in [3.8, 4) is 0 Å². The lowest BCUT2D eigenvalue weighted by Gasteiger charge is -2.16. The summed E-state index contributed by atoms with van der Waals surface area (Å²) in [5, 5.41) is 0. The van der Waals surface area contributed by atoms with Crippen molar-refractivity contribution in [2.24, 2.45) is 0 Å². The van der Waals surface area contributed by atoms with Crippen LogP contribution >= 0.6 is 0 Å². The molecule has 0 aliphatic carbocycles. The number of hydrogen-bond acceptors (Lipinski definition) is 1. The van der Waals surface area contributed by atoms with Crippen LogP contribution in [0, 0.1) is 6.58 Å². The molecule has 1 nitrogen and oxygen atoms in total. The zero-order valence-electron chi connectivity index (χ0n) is 4.72. The quantitative estimate of drug-likeness (QED) is 0.445. The van der Waals surface area contributed by atoms with Crippen LogP contribution in [0.3, 0.4) is 0 Å². The Morgan fingerprint density at radius 1 is 1.38 bits per heavy atom. The molecule has 0 bridgehead atoms. The van der Waals surface area contributed by atoms with Crippen molar-refractivity contribution in [2.45, 2.75) is 12.8 Å². The molecule has 0 aromatic heterocycles. The van der Waals surface area contributed by atoms with Crippen molar-refractivity contribution in [3.63, 3.8) is 0 Å². The smallest absolute Gasteiger partial charge is 0.109 e. The van der Waals surface area contributed by atoms with Gasteiger partial charge in [-0.3, -0.25) is 0 Å². The Labute approximate surface area is 53.0 Å². The van der Waals surface area contributed by atoms with Crippen LogP contribution in [-0.2, 0) is 11.2 Å². The van der Waals surface area contributed by atoms with E-state index in [0.717, 1.165) is 29.9 Å². The van der Waals surface area contributed by atoms with Gasteiger partial charge in [-0.15, -0.1) is 0 Å². The Balaban J connectivity index is 2.29. The summed E-state index contributed by atoms with van der Waals surface area (Å²) in [4.78, 5) is 0. The molecule has 0 amide bonds. The van der Waals surface area contributed by atoms with Crippen LogP contribution in [0.5, 0.6) is 0 Å². The van der Waals surface area contributed by atoms with Crippen LogP contribution in [0.15, 0.2) is 5.57 Å². The molecule has 2 heteroatoms. The lowest BCUT2D eigenvalue weighted by atomic mass is 10.2. The second-order valence-electron chi connectivity index (χ2n) is 2.01. The van der Waals surface area contributed by atoms with Gasteiger partial charge < -0.3 is 4.55 Å². The second kappa shape index (κ2) is 2.55. The van der Waals surface area contributed by atoms with Gasteiger partial charge in [-0.05, 0) is 0 Å². The third-order valence-corrected chi connectivity index (χ3v) is 2.62. The van der Waals surface area contributed by atoms with Gasteiger partial charge in [0.1, 0.15) is 11.5 Å². The maximum absolute atomic E-state index is 10.7. The molecule has 0 aromatic rings. The summed E-state index contributed by atoms with van der Waals surface area (Å²) < 4.78 is 10.7. The first-order valence-electron chi connectivity index (χ1n) is 2.74. The highest BCUT2D eigenvalue weighted by Gasteiger charge is 2.13. The molecule has 1 aliphatic rings. The SMILES string of the molecule is [CH]=C1CC[S+]([O-])CC1. The molecule has 1 heterocycles. The highest BCUT2D eigenvalue weighted by Crippen LogP contribution is 2.14. The van der Waals surface area contributed by atoms with Crippen molar-refractivity contribution in [3.05, 3.63) is 12.2 Å². The van der Waals surface area contributed by atoms with Crippen molar-refractivity contribution in [1.29, 1.82) is 0 Å². The fourth-order valence-electron chi connectivity index (χ4n) is 0.717. The second-order valence-corrected chi connectivity index (χ2v) is 3.70. The molecule has 0 saturated carbocycles. The monoisotopic (exact) mass is 129 g/mol. The first kappa shape index (κ1) is 6.17. The topological polar surface area (TPSA) is 23.1 Å². The van der Waals surface area contributed by atoms with E-state index in [1.165, 1.54) is 0 Å². The van der Waals surface area contributed by atoms with Crippen LogP contribution in [0.1, 0.15) is 12.8 Å². The van der Waals surface area contributed by atoms with E-state index in [1.807, 2.05) is 0 Å². The molecular formula is C6H9OS. The summed E-state index contributed by atoms with van der Waals surface area (Å²) in [6, 6.07) is 0. The Bertz CT molecular complexity index is 90.7. The number of rotatable bonds is 0. The van der Waals surface area contributed by atoms with Crippen LogP contribution in [-0.4, -0.2) is 16.1 Å². The Kier molecular flexibility index (Phi) is 1.97. The number of allylic oxidation sites excluding steroid dienone is 1. The molecule has 0 aromatic carbocycles. The minimum absolute atomic E-state index is 0.562. The summed E-state index contributed by atoms with van der Waals surface area (Å²) in [6.07, 6.45) is 1.74. The Morgan fingerprint density at radius 3 is 2.25 bits per heavy atom. The van der Waals surface area contributed by atoms with Gasteiger partial charge in [-0.1, -0.05) is 23.3 Å². The van der Waals surface area contributed by atoms with Crippen LogP contribution in [0.25, 0.3) is 0 Å². The van der Waals surface area contributed by atoms with Crippen molar-refractivity contribution < 1.29 is 4.55 Å². The zero-order chi connectivity index (χ0) is 5.98. The maximum atomic E-state index is 10.7. The molecule has 1 saturated heterocycles. The van der Waals surface area contributed by atoms with Crippen LogP contribution in [0.2, 0.25) is 0 Å². The van der Waals surface area contributed by atoms with E-state index in [2.05, 4.69) is 0 Å². The van der Waals surface area contributed by atoms with E-state index in [1.54, 1.807) is 0 Å². The van der Waals surface area contributed by atoms with Gasteiger partial charge in [0, 0.05) is 12.8 Å². The summed E-state index contributed by atoms with van der Waals surface area (Å²) in [6.45, 7) is 5.48. The van der Waals surface area contributed by atoms with Gasteiger partial charge in [0.25, 0.3) is 0 Å². The summed E-state index contributed by atoms with van der Waals surface area (Å²) in [7, 11) is 0. The van der Waals surface area contributed by atoms with Gasteiger partial charge in [-0.25, -0.2) is 0 Å². The lowest BCUT2D eigenvalue weighted by Crippen LogP contribution is -2.17. The average molecular weight is 129 g/mol. The van der Waals surface area contributed by atoms with Crippen molar-refractivity contribution in [2.75, 3.05) is 11.5 Å². The van der Waals surface area contributed by atoms with E-state index >= 15 is 0 Å². The fraction of sp³-hybridized carbons (Fsp3) is 0.667. The molecule has 1 rings (SSSR count). The molecule has 1 fully saturated rings. The highest BCUT2D eigenvalue weighted by atomic mass is 32.2. The average Bonchev–Trinajstić information content (AvgIpc) is 1.77. The molecule has 45 valence electrons. The fourth-order valence-corrected chi connectivity index (χ4v) is 1.90. The minimum atomic E-state index is -0.562. The summed E-state index contributed by atoms with van der Waals surface area (Å²) in [5.41, 5.74) is 1.02. The third-order valence-electron chi connectivity index (χ3n) is 1.30. The molecule has 1 radical (unpaired) electrons. The Morgan fingerprint density at radius 2 is 1.88 bits per heavy atom. The van der Waals surface area contributed by atoms with Gasteiger partial charge >= 0.3 is 0 Å². The van der Waals surface area contributed by atoms with E-state index in [0.29, 0.717) is 0 Å². The molecule has 0 N–H and O–H groups in total. The summed E-state index contributed by atoms with van der Waals surface area (Å²) in [5.74, 6) is 1.57. The third kappa shape index (κ3) is 1.53. The zero-order valence-corrected chi connectivity index (χ0v) is 5.54. The van der Waals surface area contributed by atoms with Gasteiger partial charge in [0.15, 0.2) is 0 Å². The van der Waals surface area contributed by atoms with E-state index in [9.17, 15) is 4.55 Å². The van der Waals surface area contributed by atoms with Gasteiger partial charge in [0.05, 0.1) is 0 Å². The van der Waals surface area contributed by atoms with Crippen molar-refractivity contribution >= 4 is 11.2 Å². The van der Waals surface area contributed by atoms with Gasteiger partial charge in [0.2, 0.25) is 0 Å². The largest absolute Gasteiger partial charge is 0.616 e. The number of hydrogen-bond donors (Lipinski definition) is 0. The van der Waals surface area contributed by atoms with Gasteiger partial charge in [-0.2, -0.15) is 0 Å². The molecular weight excluding hydrogens is 120 g/mol. The molecule has 0 unspecified atom stereocenters. The predicted molar refractivity (Wildman–Crippen MR) is 34.9 cm³/mol. The summed E-state index contributed by atoms with van der Waals surface area (Å²) >= 11 is -0.562. The molecule has 8 heavy (non-hydrogen) atoms.